The predicted molar refractivity (Wildman–Crippen MR) is 402 cm³/mol. The van der Waals surface area contributed by atoms with Crippen LogP contribution < -0.4 is 5.32 Å². The van der Waals surface area contributed by atoms with Gasteiger partial charge in [0.05, 0.1) is 38.6 Å². The second-order valence-electron chi connectivity index (χ2n) is 29.2. The van der Waals surface area contributed by atoms with Crippen molar-refractivity contribution in [3.8, 4) is 0 Å². The highest BCUT2D eigenvalue weighted by molar-refractivity contribution is 5.76. The van der Waals surface area contributed by atoms with Gasteiger partial charge in [-0.05, 0) is 70.6 Å². The lowest BCUT2D eigenvalue weighted by Gasteiger charge is -2.48. The number of hydrogen-bond acceptors (Lipinski definition) is 18. The molecule has 0 aromatic rings. The maximum absolute atomic E-state index is 13.5. The Hall–Kier alpha value is -2.51. The lowest BCUT2D eigenvalue weighted by molar-refractivity contribution is -0.379. The Labute approximate surface area is 611 Å². The molecule has 0 bridgehead atoms. The first-order valence-electron chi connectivity index (χ1n) is 41.0. The average molecular weight is 1440 g/mol. The first-order chi connectivity index (χ1) is 49.3. The van der Waals surface area contributed by atoms with Gasteiger partial charge in [-0.1, -0.05) is 306 Å². The summed E-state index contributed by atoms with van der Waals surface area (Å²) in [5, 5.41) is 121. The zero-order valence-corrected chi connectivity index (χ0v) is 63.1. The van der Waals surface area contributed by atoms with Crippen LogP contribution in [0.25, 0.3) is 0 Å². The van der Waals surface area contributed by atoms with Crippen molar-refractivity contribution in [1.82, 2.24) is 5.32 Å². The summed E-state index contributed by atoms with van der Waals surface area (Å²) < 4.78 is 34.4. The second-order valence-corrected chi connectivity index (χ2v) is 29.2. The van der Waals surface area contributed by atoms with Crippen LogP contribution in [0.5, 0.6) is 0 Å². The van der Waals surface area contributed by atoms with E-state index in [1.165, 1.54) is 231 Å². The molecule has 19 heteroatoms. The van der Waals surface area contributed by atoms with Crippen molar-refractivity contribution in [1.29, 1.82) is 0 Å². The molecule has 101 heavy (non-hydrogen) atoms. The number of nitrogens with one attached hydrogen (secondary N) is 1. The number of allylic oxidation sites excluding steroid dienone is 9. The van der Waals surface area contributed by atoms with E-state index in [0.717, 1.165) is 57.8 Å². The normalized spacial score (nSPS) is 26.6. The fourth-order valence-corrected chi connectivity index (χ4v) is 13.7. The summed E-state index contributed by atoms with van der Waals surface area (Å²) >= 11 is 0. The minimum absolute atomic E-state index is 0.232. The molecule has 12 N–H and O–H groups in total. The smallest absolute Gasteiger partial charge is 0.220 e. The number of ether oxygens (including phenoxy) is 6. The molecule has 3 saturated heterocycles. The molecule has 0 saturated carbocycles. The minimum Gasteiger partial charge on any atom is -0.394 e. The van der Waals surface area contributed by atoms with Crippen LogP contribution in [0.2, 0.25) is 0 Å². The lowest BCUT2D eigenvalue weighted by atomic mass is 9.96. The molecule has 3 fully saturated rings. The number of amides is 1. The molecule has 0 aromatic heterocycles. The van der Waals surface area contributed by atoms with E-state index in [-0.39, 0.29) is 18.9 Å². The molecule has 3 rings (SSSR count). The number of aliphatic hydroxyl groups excluding tert-OH is 11. The molecule has 1 amide bonds. The number of hydrogen-bond donors (Lipinski definition) is 12. The Kier molecular flexibility index (Phi) is 57.4. The maximum atomic E-state index is 13.5. The Balaban J connectivity index is 1.39. The third-order valence-corrected chi connectivity index (χ3v) is 20.3. The quantitative estimate of drug-likeness (QED) is 0.0199. The van der Waals surface area contributed by atoms with Crippen LogP contribution in [0.4, 0.5) is 0 Å². The summed E-state index contributed by atoms with van der Waals surface area (Å²) in [6.45, 7) is 1.74. The predicted octanol–water partition coefficient (Wildman–Crippen LogP) is 13.8. The standard InChI is InChI=1S/C82H149NO18/c1-3-5-7-9-11-13-15-17-19-21-23-25-27-29-31-32-34-35-37-39-41-43-45-47-49-51-53-55-57-59-66(87)65(83-70(88)60-58-56-54-52-50-48-46-44-42-40-38-36-33-30-28-26-24-22-20-18-16-14-12-10-8-6-4-2)64-96-80-76(94)73(91)78(68(62-85)98-80)101-82-77(95)74(92)79(69(63-86)99-82)100-81-75(93)72(90)71(89)67(61-84)97-81/h16,18,22,24,28,30,49,51,57,59,65-69,71-82,84-87,89-95H,3-15,17,19-21,23,25-27,29,31-48,50,52-56,58,60-64H2,1-2H3,(H,83,88)/b18-16-,24-22-,30-28-,51-49+,59-57+. The van der Waals surface area contributed by atoms with Crippen molar-refractivity contribution >= 4 is 5.91 Å². The summed E-state index contributed by atoms with van der Waals surface area (Å²) in [5.74, 6) is -0.285. The van der Waals surface area contributed by atoms with E-state index in [0.29, 0.717) is 12.8 Å². The van der Waals surface area contributed by atoms with Gasteiger partial charge in [-0.15, -0.1) is 0 Å². The molecule has 0 radical (unpaired) electrons. The Bertz CT molecular complexity index is 2060. The van der Waals surface area contributed by atoms with Gasteiger partial charge in [-0.2, -0.15) is 0 Å². The van der Waals surface area contributed by atoms with E-state index >= 15 is 0 Å². The van der Waals surface area contributed by atoms with E-state index in [4.69, 9.17) is 28.4 Å². The van der Waals surface area contributed by atoms with Gasteiger partial charge in [0.25, 0.3) is 0 Å². The lowest BCUT2D eigenvalue weighted by Crippen LogP contribution is -2.66. The molecule has 17 atom stereocenters. The first kappa shape index (κ1) is 92.7. The minimum atomic E-state index is -1.98. The van der Waals surface area contributed by atoms with Gasteiger partial charge in [0.1, 0.15) is 73.2 Å². The first-order valence-corrected chi connectivity index (χ1v) is 41.0. The highest BCUT2D eigenvalue weighted by Gasteiger charge is 2.54. The monoisotopic (exact) mass is 1440 g/mol. The van der Waals surface area contributed by atoms with E-state index in [1.54, 1.807) is 6.08 Å². The van der Waals surface area contributed by atoms with Gasteiger partial charge in [-0.3, -0.25) is 4.79 Å². The zero-order chi connectivity index (χ0) is 73.2. The van der Waals surface area contributed by atoms with Crippen molar-refractivity contribution in [3.63, 3.8) is 0 Å². The molecule has 3 heterocycles. The van der Waals surface area contributed by atoms with Crippen LogP contribution in [-0.2, 0) is 33.2 Å². The number of rotatable bonds is 65. The van der Waals surface area contributed by atoms with Gasteiger partial charge >= 0.3 is 0 Å². The summed E-state index contributed by atoms with van der Waals surface area (Å²) in [7, 11) is 0. The van der Waals surface area contributed by atoms with E-state index in [2.05, 4.69) is 67.8 Å². The molecule has 0 spiro atoms. The van der Waals surface area contributed by atoms with Gasteiger partial charge in [0, 0.05) is 6.42 Å². The van der Waals surface area contributed by atoms with Crippen LogP contribution in [0.3, 0.4) is 0 Å². The fraction of sp³-hybridized carbons (Fsp3) is 0.866. The van der Waals surface area contributed by atoms with Gasteiger partial charge in [0.15, 0.2) is 18.9 Å². The third-order valence-electron chi connectivity index (χ3n) is 20.3. The molecule has 19 nitrogen and oxygen atoms in total. The van der Waals surface area contributed by atoms with Crippen LogP contribution in [0.15, 0.2) is 60.8 Å². The summed E-state index contributed by atoms with van der Waals surface area (Å²) in [6.07, 6.45) is 53.5. The molecule has 0 aromatic carbocycles. The van der Waals surface area contributed by atoms with Crippen molar-refractivity contribution in [2.45, 2.75) is 426 Å². The van der Waals surface area contributed by atoms with Crippen LogP contribution >= 0.6 is 0 Å². The Morgan fingerprint density at radius 1 is 0.356 bits per heavy atom. The molecule has 590 valence electrons. The number of carbonyl (C=O) groups excluding carboxylic acids is 1. The summed E-state index contributed by atoms with van der Waals surface area (Å²) in [4.78, 5) is 13.5. The van der Waals surface area contributed by atoms with Gasteiger partial charge < -0.3 is 89.9 Å². The van der Waals surface area contributed by atoms with Crippen LogP contribution in [0.1, 0.15) is 322 Å². The molecule has 17 unspecified atom stereocenters. The number of unbranched alkanes of at least 4 members (excludes halogenated alkanes) is 41. The molecule has 0 aliphatic carbocycles. The van der Waals surface area contributed by atoms with Crippen molar-refractivity contribution in [2.75, 3.05) is 26.4 Å². The van der Waals surface area contributed by atoms with Gasteiger partial charge in [-0.25, -0.2) is 0 Å². The second kappa shape index (κ2) is 62.5. The van der Waals surface area contributed by atoms with Crippen LogP contribution in [0, 0.1) is 0 Å². The molecule has 3 aliphatic heterocycles. The van der Waals surface area contributed by atoms with Gasteiger partial charge in [0.2, 0.25) is 5.91 Å². The van der Waals surface area contributed by atoms with E-state index in [9.17, 15) is 61.0 Å². The van der Waals surface area contributed by atoms with E-state index in [1.807, 2.05) is 6.08 Å². The topological polar surface area (TPSA) is 307 Å². The third kappa shape index (κ3) is 42.6. The number of aliphatic hydroxyl groups is 11. The maximum Gasteiger partial charge on any atom is 0.220 e. The van der Waals surface area contributed by atoms with E-state index < -0.39 is 124 Å². The Morgan fingerprint density at radius 3 is 1.06 bits per heavy atom. The fourth-order valence-electron chi connectivity index (χ4n) is 13.7. The highest BCUT2D eigenvalue weighted by atomic mass is 16.8. The average Bonchev–Trinajstić information content (AvgIpc) is 0.782. The van der Waals surface area contributed by atoms with Crippen molar-refractivity contribution < 1.29 is 89.4 Å². The molecular weight excluding hydrogens is 1290 g/mol. The molecular formula is C82H149NO18. The van der Waals surface area contributed by atoms with Crippen molar-refractivity contribution in [3.05, 3.63) is 60.8 Å². The number of carbonyl (C=O) groups is 1. The largest absolute Gasteiger partial charge is 0.394 e. The summed E-state index contributed by atoms with van der Waals surface area (Å²) in [6, 6.07) is -0.995. The molecule has 3 aliphatic rings. The SMILES string of the molecule is CCCCCCC/C=C\C/C=C\C/C=C\CCCCCCCCCCCCCCC(=O)NC(COC1OC(CO)C(OC2OC(CO)C(OC3OC(CO)C(O)C(O)C3O)C(O)C2O)C(O)C1O)C(O)/C=C/CC/C=C/CCCCCCCCCCCCCCCCCCCCCCCCC. The highest BCUT2D eigenvalue weighted by Crippen LogP contribution is 2.33. The summed E-state index contributed by atoms with van der Waals surface area (Å²) in [5.41, 5.74) is 0. The zero-order valence-electron chi connectivity index (χ0n) is 63.1. The van der Waals surface area contributed by atoms with Crippen molar-refractivity contribution in [2.24, 2.45) is 0 Å². The van der Waals surface area contributed by atoms with Crippen LogP contribution in [-0.4, -0.2) is 193 Å². The Morgan fingerprint density at radius 2 is 0.663 bits per heavy atom.